The molecule has 0 aromatic heterocycles. The Bertz CT molecular complexity index is 689. The molecule has 0 radical (unpaired) electrons. The Morgan fingerprint density at radius 1 is 1.13 bits per heavy atom. The molecule has 1 saturated heterocycles. The molecular formula is C22H34F2N4O3. The number of carbonyl (C=O) groups is 2. The van der Waals surface area contributed by atoms with Gasteiger partial charge >= 0.3 is 6.09 Å². The van der Waals surface area contributed by atoms with Crippen LogP contribution in [0.1, 0.15) is 84.0 Å². The minimum Gasteiger partial charge on any atom is -0.351 e. The number of hydrogen-bond acceptors (Lipinski definition) is 5. The van der Waals surface area contributed by atoms with E-state index in [9.17, 15) is 23.6 Å². The number of nitriles is 1. The molecule has 1 aliphatic heterocycles. The van der Waals surface area contributed by atoms with Gasteiger partial charge in [0, 0.05) is 25.9 Å². The third-order valence-electron chi connectivity index (χ3n) is 6.96. The number of nitrogens with zero attached hydrogens (tertiary/aromatic N) is 2. The highest BCUT2D eigenvalue weighted by Gasteiger charge is 2.47. The molecule has 0 aromatic rings. The molecule has 3 rings (SSSR count). The van der Waals surface area contributed by atoms with E-state index in [1.165, 1.54) is 32.1 Å². The molecule has 0 unspecified atom stereocenters. The summed E-state index contributed by atoms with van der Waals surface area (Å²) < 4.78 is 28.5. The van der Waals surface area contributed by atoms with Crippen LogP contribution < -0.4 is 10.6 Å². The van der Waals surface area contributed by atoms with Crippen LogP contribution in [0.15, 0.2) is 0 Å². The van der Waals surface area contributed by atoms with Gasteiger partial charge in [-0.3, -0.25) is 4.79 Å². The molecule has 2 N–H and O–H groups in total. The zero-order chi connectivity index (χ0) is 22.5. The smallest absolute Gasteiger partial charge is 0.351 e. The molecule has 3 aliphatic rings. The Hall–Kier alpha value is -1.95. The van der Waals surface area contributed by atoms with Gasteiger partial charge in [-0.2, -0.15) is 5.26 Å². The molecule has 174 valence electrons. The highest BCUT2D eigenvalue weighted by atomic mass is 19.3. The minimum absolute atomic E-state index is 0.253. The number of piperidine rings is 1. The molecule has 31 heavy (non-hydrogen) atoms. The van der Waals surface area contributed by atoms with Crippen LogP contribution in [-0.2, 0) is 9.63 Å². The number of amides is 2. The van der Waals surface area contributed by atoms with Crippen LogP contribution in [-0.4, -0.2) is 47.7 Å². The summed E-state index contributed by atoms with van der Waals surface area (Å²) in [5.41, 5.74) is -0.656. The van der Waals surface area contributed by atoms with E-state index >= 15 is 0 Å². The highest BCUT2D eigenvalue weighted by molar-refractivity contribution is 5.86. The van der Waals surface area contributed by atoms with Gasteiger partial charge in [0.2, 0.25) is 5.91 Å². The summed E-state index contributed by atoms with van der Waals surface area (Å²) in [6.07, 6.45) is 7.18. The summed E-state index contributed by atoms with van der Waals surface area (Å²) in [6.45, 7) is 2.84. The Labute approximate surface area is 182 Å². The van der Waals surface area contributed by atoms with Crippen molar-refractivity contribution in [2.45, 2.75) is 101 Å². The van der Waals surface area contributed by atoms with E-state index in [1.807, 2.05) is 6.07 Å². The van der Waals surface area contributed by atoms with Crippen LogP contribution in [0.2, 0.25) is 0 Å². The minimum atomic E-state index is -3.11. The average molecular weight is 441 g/mol. The lowest BCUT2D eigenvalue weighted by molar-refractivity contribution is -0.139. The van der Waals surface area contributed by atoms with E-state index in [-0.39, 0.29) is 12.8 Å². The molecule has 2 aliphatic carbocycles. The topological polar surface area (TPSA) is 94.5 Å². The van der Waals surface area contributed by atoms with Crippen molar-refractivity contribution in [2.75, 3.05) is 13.1 Å². The Morgan fingerprint density at radius 3 is 2.32 bits per heavy atom. The van der Waals surface area contributed by atoms with Gasteiger partial charge in [0.1, 0.15) is 11.6 Å². The quantitative estimate of drug-likeness (QED) is 0.594. The number of hydrogen-bond donors (Lipinski definition) is 2. The van der Waals surface area contributed by atoms with Crippen molar-refractivity contribution in [1.29, 1.82) is 5.26 Å². The largest absolute Gasteiger partial charge is 0.426 e. The summed E-state index contributed by atoms with van der Waals surface area (Å²) in [6, 6.07) is 0.538. The maximum absolute atomic E-state index is 14.2. The lowest BCUT2D eigenvalue weighted by Gasteiger charge is -2.43. The van der Waals surface area contributed by atoms with E-state index in [2.05, 4.69) is 10.6 Å². The number of rotatable bonds is 8. The van der Waals surface area contributed by atoms with E-state index in [1.54, 1.807) is 12.0 Å². The molecule has 7 nitrogen and oxygen atoms in total. The SMILES string of the molecule is CCCC(F)(F)C[C@H](NC(=O)ON1CCC2(CCCCC2)CC1)C(=O)NC1(C#N)CC1. The average Bonchev–Trinajstić information content (AvgIpc) is 3.50. The van der Waals surface area contributed by atoms with Crippen molar-refractivity contribution in [1.82, 2.24) is 15.7 Å². The van der Waals surface area contributed by atoms with Gasteiger partial charge in [-0.1, -0.05) is 32.6 Å². The second-order valence-electron chi connectivity index (χ2n) is 9.56. The van der Waals surface area contributed by atoms with Crippen molar-refractivity contribution >= 4 is 12.0 Å². The molecule has 1 spiro atoms. The predicted octanol–water partition coefficient (Wildman–Crippen LogP) is 4.04. The predicted molar refractivity (Wildman–Crippen MR) is 110 cm³/mol. The van der Waals surface area contributed by atoms with Crippen LogP contribution in [0.5, 0.6) is 0 Å². The molecule has 0 bridgehead atoms. The fourth-order valence-electron chi connectivity index (χ4n) is 4.83. The van der Waals surface area contributed by atoms with Gasteiger partial charge in [0.05, 0.1) is 6.07 Å². The van der Waals surface area contributed by atoms with Crippen LogP contribution in [0.3, 0.4) is 0 Å². The Morgan fingerprint density at radius 2 is 1.77 bits per heavy atom. The Kier molecular flexibility index (Phi) is 7.40. The van der Waals surface area contributed by atoms with Gasteiger partial charge in [-0.15, -0.1) is 5.06 Å². The van der Waals surface area contributed by atoms with Crippen LogP contribution in [0, 0.1) is 16.7 Å². The van der Waals surface area contributed by atoms with Crippen molar-refractivity contribution in [3.63, 3.8) is 0 Å². The number of carbonyl (C=O) groups excluding carboxylic acids is 2. The monoisotopic (exact) mass is 440 g/mol. The molecule has 3 fully saturated rings. The maximum Gasteiger partial charge on any atom is 0.426 e. The van der Waals surface area contributed by atoms with E-state index in [0.717, 1.165) is 12.8 Å². The summed E-state index contributed by atoms with van der Waals surface area (Å²) >= 11 is 0. The number of halogens is 2. The summed E-state index contributed by atoms with van der Waals surface area (Å²) in [5.74, 6) is -3.88. The zero-order valence-electron chi connectivity index (χ0n) is 18.4. The standard InChI is InChI=1S/C22H34F2N4O3/c1-2-6-22(23,24)15-17(18(29)27-21(16-25)9-10-21)26-19(30)31-28-13-11-20(12-14-28)7-4-3-5-8-20/h17H,2-15H2,1H3,(H,26,30)(H,27,29)/t17-/m0/s1. The normalized spacial score (nSPS) is 23.4. The second-order valence-corrected chi connectivity index (χ2v) is 9.56. The third-order valence-corrected chi connectivity index (χ3v) is 6.96. The summed E-state index contributed by atoms with van der Waals surface area (Å²) in [7, 11) is 0. The lowest BCUT2D eigenvalue weighted by atomic mass is 9.68. The maximum atomic E-state index is 14.2. The first kappa shape index (κ1) is 23.7. The van der Waals surface area contributed by atoms with Gasteiger partial charge < -0.3 is 15.5 Å². The van der Waals surface area contributed by atoms with Crippen LogP contribution in [0.25, 0.3) is 0 Å². The van der Waals surface area contributed by atoms with Crippen molar-refractivity contribution in [3.05, 3.63) is 0 Å². The zero-order valence-corrected chi connectivity index (χ0v) is 18.4. The van der Waals surface area contributed by atoms with E-state index in [4.69, 9.17) is 4.84 Å². The summed E-state index contributed by atoms with van der Waals surface area (Å²) in [4.78, 5) is 30.4. The van der Waals surface area contributed by atoms with E-state index in [0.29, 0.717) is 31.3 Å². The highest BCUT2D eigenvalue weighted by Crippen LogP contribution is 2.44. The third kappa shape index (κ3) is 6.52. The van der Waals surface area contributed by atoms with Crippen LogP contribution >= 0.6 is 0 Å². The molecular weight excluding hydrogens is 406 g/mol. The first-order valence-corrected chi connectivity index (χ1v) is 11.6. The molecule has 2 amide bonds. The van der Waals surface area contributed by atoms with E-state index < -0.39 is 35.9 Å². The molecule has 1 heterocycles. The number of alkyl halides is 2. The fourth-order valence-corrected chi connectivity index (χ4v) is 4.83. The number of hydroxylamine groups is 2. The van der Waals surface area contributed by atoms with Gasteiger partial charge in [0.25, 0.3) is 5.92 Å². The summed E-state index contributed by atoms with van der Waals surface area (Å²) in [5, 5.41) is 15.6. The first-order valence-electron chi connectivity index (χ1n) is 11.6. The molecule has 2 saturated carbocycles. The Balaban J connectivity index is 1.54. The van der Waals surface area contributed by atoms with Crippen molar-refractivity contribution < 1.29 is 23.2 Å². The van der Waals surface area contributed by atoms with Gasteiger partial charge in [-0.05, 0) is 43.9 Å². The molecule has 9 heteroatoms. The molecule has 1 atom stereocenters. The second kappa shape index (κ2) is 9.68. The first-order chi connectivity index (χ1) is 14.7. The molecule has 0 aromatic carbocycles. The van der Waals surface area contributed by atoms with Gasteiger partial charge in [-0.25, -0.2) is 13.6 Å². The fraction of sp³-hybridized carbons (Fsp3) is 0.864. The van der Waals surface area contributed by atoms with Crippen molar-refractivity contribution in [2.24, 2.45) is 5.41 Å². The number of nitrogens with one attached hydrogen (secondary N) is 2. The van der Waals surface area contributed by atoms with Crippen LogP contribution in [0.4, 0.5) is 13.6 Å². The lowest BCUT2D eigenvalue weighted by Crippen LogP contribution is -2.53. The van der Waals surface area contributed by atoms with Gasteiger partial charge in [0.15, 0.2) is 0 Å². The van der Waals surface area contributed by atoms with Crippen molar-refractivity contribution in [3.8, 4) is 6.07 Å².